The van der Waals surface area contributed by atoms with Gasteiger partial charge in [0.25, 0.3) is 0 Å². The van der Waals surface area contributed by atoms with Gasteiger partial charge in [0.2, 0.25) is 0 Å². The fourth-order valence-corrected chi connectivity index (χ4v) is 1.23. The summed E-state index contributed by atoms with van der Waals surface area (Å²) in [6.45, 7) is 3.58. The van der Waals surface area contributed by atoms with Crippen molar-refractivity contribution in [2.75, 3.05) is 19.8 Å². The zero-order valence-corrected chi connectivity index (χ0v) is 9.56. The molecule has 0 aliphatic carbocycles. The first kappa shape index (κ1) is 13.0. The van der Waals surface area contributed by atoms with Crippen molar-refractivity contribution in [2.45, 2.75) is 19.6 Å². The molecule has 16 heavy (non-hydrogen) atoms. The number of benzene rings is 1. The first-order valence-corrected chi connectivity index (χ1v) is 5.44. The number of hydrogen-bond donors (Lipinski definition) is 2. The molecule has 1 atom stereocenters. The highest BCUT2D eigenvalue weighted by atomic mass is 16.5. The van der Waals surface area contributed by atoms with Gasteiger partial charge in [-0.15, -0.1) is 0 Å². The molecular weight excluding hydrogens is 206 g/mol. The second-order valence-corrected chi connectivity index (χ2v) is 3.48. The summed E-state index contributed by atoms with van der Waals surface area (Å²) in [6, 6.07) is 7.70. The quantitative estimate of drug-likeness (QED) is 0.724. The maximum Gasteiger partial charge on any atom is 0.119 e. The molecule has 0 unspecified atom stereocenters. The van der Waals surface area contributed by atoms with Crippen LogP contribution in [0.4, 0.5) is 0 Å². The number of aliphatic hydroxyl groups is 1. The highest BCUT2D eigenvalue weighted by Gasteiger charge is 2.01. The van der Waals surface area contributed by atoms with Crippen molar-refractivity contribution < 1.29 is 14.6 Å². The lowest BCUT2D eigenvalue weighted by molar-refractivity contribution is 0.0329. The molecule has 0 fully saturated rings. The molecule has 0 amide bonds. The van der Waals surface area contributed by atoms with Crippen LogP contribution >= 0.6 is 0 Å². The van der Waals surface area contributed by atoms with Gasteiger partial charge in [0.05, 0.1) is 25.9 Å². The fourth-order valence-electron chi connectivity index (χ4n) is 1.23. The minimum absolute atomic E-state index is 0.225. The van der Waals surface area contributed by atoms with Crippen LogP contribution in [0.25, 0.3) is 0 Å². The van der Waals surface area contributed by atoms with E-state index in [9.17, 15) is 5.11 Å². The van der Waals surface area contributed by atoms with Gasteiger partial charge in [0, 0.05) is 6.54 Å². The van der Waals surface area contributed by atoms with Crippen LogP contribution in [0.15, 0.2) is 24.3 Å². The lowest BCUT2D eigenvalue weighted by Crippen LogP contribution is -2.24. The van der Waals surface area contributed by atoms with E-state index < -0.39 is 6.10 Å². The van der Waals surface area contributed by atoms with Gasteiger partial charge in [-0.2, -0.15) is 0 Å². The van der Waals surface area contributed by atoms with Gasteiger partial charge >= 0.3 is 0 Å². The number of rotatable bonds is 7. The molecule has 0 saturated heterocycles. The van der Waals surface area contributed by atoms with E-state index in [-0.39, 0.29) is 13.2 Å². The lowest BCUT2D eigenvalue weighted by atomic mass is 10.2. The van der Waals surface area contributed by atoms with Crippen molar-refractivity contribution in [3.8, 4) is 5.75 Å². The van der Waals surface area contributed by atoms with Crippen LogP contribution < -0.4 is 10.5 Å². The molecule has 0 heterocycles. The lowest BCUT2D eigenvalue weighted by Gasteiger charge is -2.09. The van der Waals surface area contributed by atoms with E-state index in [0.29, 0.717) is 13.2 Å². The van der Waals surface area contributed by atoms with Crippen molar-refractivity contribution in [2.24, 2.45) is 5.73 Å². The minimum Gasteiger partial charge on any atom is -0.494 e. The maximum absolute atomic E-state index is 9.18. The first-order chi connectivity index (χ1) is 7.76. The van der Waals surface area contributed by atoms with Crippen molar-refractivity contribution in [1.82, 2.24) is 0 Å². The van der Waals surface area contributed by atoms with Crippen LogP contribution in [0.2, 0.25) is 0 Å². The molecule has 4 heteroatoms. The van der Waals surface area contributed by atoms with Gasteiger partial charge in [-0.3, -0.25) is 0 Å². The third-order valence-electron chi connectivity index (χ3n) is 2.09. The molecule has 3 N–H and O–H groups in total. The van der Waals surface area contributed by atoms with E-state index in [2.05, 4.69) is 0 Å². The normalized spacial score (nSPS) is 12.4. The Morgan fingerprint density at radius 3 is 2.56 bits per heavy atom. The van der Waals surface area contributed by atoms with Crippen molar-refractivity contribution in [1.29, 1.82) is 0 Å². The van der Waals surface area contributed by atoms with Crippen molar-refractivity contribution in [3.05, 3.63) is 29.8 Å². The van der Waals surface area contributed by atoms with E-state index in [1.807, 2.05) is 31.2 Å². The molecule has 0 bridgehead atoms. The third kappa shape index (κ3) is 4.61. The van der Waals surface area contributed by atoms with Crippen LogP contribution in [0, 0.1) is 0 Å². The zero-order valence-electron chi connectivity index (χ0n) is 9.56. The predicted molar refractivity (Wildman–Crippen MR) is 62.3 cm³/mol. The second-order valence-electron chi connectivity index (χ2n) is 3.48. The Labute approximate surface area is 96.0 Å². The Hall–Kier alpha value is -1.10. The fraction of sp³-hybridized carbons (Fsp3) is 0.500. The molecular formula is C12H19NO3. The minimum atomic E-state index is -0.581. The molecule has 1 rings (SSSR count). The Balaban J connectivity index is 2.31. The van der Waals surface area contributed by atoms with Crippen LogP contribution in [-0.4, -0.2) is 31.0 Å². The third-order valence-corrected chi connectivity index (χ3v) is 2.09. The van der Waals surface area contributed by atoms with Crippen LogP contribution in [0.5, 0.6) is 5.75 Å². The largest absolute Gasteiger partial charge is 0.494 e. The Morgan fingerprint density at radius 1 is 1.31 bits per heavy atom. The van der Waals surface area contributed by atoms with Crippen molar-refractivity contribution in [3.63, 3.8) is 0 Å². The topological polar surface area (TPSA) is 64.7 Å². The van der Waals surface area contributed by atoms with Gasteiger partial charge in [0.15, 0.2) is 0 Å². The summed E-state index contributed by atoms with van der Waals surface area (Å²) < 4.78 is 10.6. The van der Waals surface area contributed by atoms with E-state index >= 15 is 0 Å². The molecule has 4 nitrogen and oxygen atoms in total. The second kappa shape index (κ2) is 7.22. The molecule has 1 aromatic rings. The Morgan fingerprint density at radius 2 is 2.00 bits per heavy atom. The molecule has 0 aliphatic rings. The number of ether oxygens (including phenoxy) is 2. The number of hydrogen-bond acceptors (Lipinski definition) is 4. The first-order valence-electron chi connectivity index (χ1n) is 5.44. The molecule has 0 saturated carbocycles. The molecule has 0 spiro atoms. The highest BCUT2D eigenvalue weighted by molar-refractivity contribution is 5.26. The summed E-state index contributed by atoms with van der Waals surface area (Å²) in [4.78, 5) is 0. The highest BCUT2D eigenvalue weighted by Crippen LogP contribution is 2.12. The van der Waals surface area contributed by atoms with Crippen LogP contribution in [0.1, 0.15) is 12.5 Å². The summed E-state index contributed by atoms with van der Waals surface area (Å²) in [7, 11) is 0. The van der Waals surface area contributed by atoms with Gasteiger partial charge < -0.3 is 20.3 Å². The molecule has 0 radical (unpaired) electrons. The SMILES string of the molecule is CCOc1ccc(COC[C@H](O)CN)cc1. The summed E-state index contributed by atoms with van der Waals surface area (Å²) in [5.74, 6) is 0.855. The van der Waals surface area contributed by atoms with Crippen LogP contribution in [0.3, 0.4) is 0 Å². The van der Waals surface area contributed by atoms with E-state index in [4.69, 9.17) is 15.2 Å². The zero-order chi connectivity index (χ0) is 11.8. The average molecular weight is 225 g/mol. The summed E-state index contributed by atoms with van der Waals surface area (Å²) >= 11 is 0. The number of nitrogens with two attached hydrogens (primary N) is 1. The standard InChI is InChI=1S/C12H19NO3/c1-2-16-12-5-3-10(4-6-12)8-15-9-11(14)7-13/h3-6,11,14H,2,7-9,13H2,1H3/t11-/m1/s1. The summed E-state index contributed by atoms with van der Waals surface area (Å²) in [5.41, 5.74) is 6.31. The summed E-state index contributed by atoms with van der Waals surface area (Å²) in [5, 5.41) is 9.18. The van der Waals surface area contributed by atoms with Gasteiger partial charge in [0.1, 0.15) is 5.75 Å². The smallest absolute Gasteiger partial charge is 0.119 e. The van der Waals surface area contributed by atoms with Crippen LogP contribution in [-0.2, 0) is 11.3 Å². The van der Waals surface area contributed by atoms with E-state index in [0.717, 1.165) is 11.3 Å². The maximum atomic E-state index is 9.18. The van der Waals surface area contributed by atoms with Gasteiger partial charge in [-0.25, -0.2) is 0 Å². The van der Waals surface area contributed by atoms with Crippen molar-refractivity contribution >= 4 is 0 Å². The average Bonchev–Trinajstić information content (AvgIpc) is 2.31. The molecule has 90 valence electrons. The summed E-state index contributed by atoms with van der Waals surface area (Å²) in [6.07, 6.45) is -0.581. The van der Waals surface area contributed by atoms with Gasteiger partial charge in [-0.1, -0.05) is 12.1 Å². The molecule has 0 aliphatic heterocycles. The van der Waals surface area contributed by atoms with E-state index in [1.54, 1.807) is 0 Å². The Kier molecular flexibility index (Phi) is 5.85. The Bertz CT molecular complexity index is 287. The van der Waals surface area contributed by atoms with Gasteiger partial charge in [-0.05, 0) is 24.6 Å². The monoisotopic (exact) mass is 225 g/mol. The predicted octanol–water partition coefficient (Wildman–Crippen LogP) is 0.921. The van der Waals surface area contributed by atoms with E-state index in [1.165, 1.54) is 0 Å². The molecule has 0 aromatic heterocycles. The number of aliphatic hydroxyl groups excluding tert-OH is 1. The molecule has 1 aromatic carbocycles.